The summed E-state index contributed by atoms with van der Waals surface area (Å²) in [5.41, 5.74) is 2.40. The van der Waals surface area contributed by atoms with Crippen molar-refractivity contribution < 1.29 is 23.9 Å². The maximum absolute atomic E-state index is 13.3. The van der Waals surface area contributed by atoms with E-state index in [1.165, 1.54) is 13.2 Å². The predicted octanol–water partition coefficient (Wildman–Crippen LogP) is 5.81. The number of carbonyl (C=O) groups excluding carboxylic acids is 3. The van der Waals surface area contributed by atoms with Crippen molar-refractivity contribution in [2.45, 2.75) is 20.0 Å². The third-order valence-corrected chi connectivity index (χ3v) is 6.33. The number of aryl methyl sites for hydroxylation is 1. The molecule has 1 N–H and O–H groups in total. The highest BCUT2D eigenvalue weighted by molar-refractivity contribution is 6.42. The van der Waals surface area contributed by atoms with Crippen LogP contribution in [0.4, 0.5) is 10.5 Å². The topological polar surface area (TPSA) is 84.9 Å². The lowest BCUT2D eigenvalue weighted by Gasteiger charge is -2.28. The van der Waals surface area contributed by atoms with Crippen LogP contribution in [0.2, 0.25) is 10.0 Å². The van der Waals surface area contributed by atoms with Crippen molar-refractivity contribution in [1.82, 2.24) is 5.32 Å². The first-order chi connectivity index (χ1) is 17.3. The number of hydrogen-bond donors (Lipinski definition) is 1. The van der Waals surface area contributed by atoms with Gasteiger partial charge in [0, 0.05) is 0 Å². The highest BCUT2D eigenvalue weighted by atomic mass is 35.5. The molecule has 4 rings (SSSR count). The Labute approximate surface area is 218 Å². The summed E-state index contributed by atoms with van der Waals surface area (Å²) in [6.07, 6.45) is 2.03. The lowest BCUT2D eigenvalue weighted by molar-refractivity contribution is -0.122. The molecule has 0 radical (unpaired) electrons. The van der Waals surface area contributed by atoms with E-state index >= 15 is 0 Å². The molecule has 1 saturated heterocycles. The van der Waals surface area contributed by atoms with Crippen LogP contribution in [0, 0.1) is 0 Å². The zero-order valence-electron chi connectivity index (χ0n) is 19.5. The molecule has 4 amide bonds. The molecule has 3 aromatic rings. The normalized spacial score (nSPS) is 14.7. The van der Waals surface area contributed by atoms with Crippen LogP contribution in [-0.2, 0) is 22.6 Å². The molecule has 0 atom stereocenters. The Balaban J connectivity index is 1.60. The van der Waals surface area contributed by atoms with Gasteiger partial charge in [-0.2, -0.15) is 0 Å². The summed E-state index contributed by atoms with van der Waals surface area (Å²) in [4.78, 5) is 39.3. The molecule has 36 heavy (non-hydrogen) atoms. The number of barbiturate groups is 1. The number of amides is 4. The van der Waals surface area contributed by atoms with Gasteiger partial charge in [-0.25, -0.2) is 9.69 Å². The number of ether oxygens (including phenoxy) is 2. The molecule has 0 saturated carbocycles. The Morgan fingerprint density at radius 1 is 0.944 bits per heavy atom. The number of nitrogens with one attached hydrogen (secondary N) is 1. The predicted molar refractivity (Wildman–Crippen MR) is 139 cm³/mol. The van der Waals surface area contributed by atoms with Crippen LogP contribution in [0.15, 0.2) is 66.2 Å². The number of imide groups is 2. The third kappa shape index (κ3) is 5.22. The number of nitrogens with zero attached hydrogens (tertiary/aromatic N) is 1. The van der Waals surface area contributed by atoms with E-state index in [2.05, 4.69) is 5.32 Å². The molecular formula is C27H22Cl2N2O5. The summed E-state index contributed by atoms with van der Waals surface area (Å²) in [5.74, 6) is -0.617. The Kier molecular flexibility index (Phi) is 7.62. The van der Waals surface area contributed by atoms with Crippen molar-refractivity contribution >= 4 is 52.8 Å². The Bertz CT molecular complexity index is 1390. The first-order valence-corrected chi connectivity index (χ1v) is 11.8. The highest BCUT2D eigenvalue weighted by Gasteiger charge is 2.37. The monoisotopic (exact) mass is 524 g/mol. The van der Waals surface area contributed by atoms with E-state index in [-0.39, 0.29) is 12.2 Å². The Morgan fingerprint density at radius 3 is 2.44 bits per heavy atom. The van der Waals surface area contributed by atoms with Gasteiger partial charge in [0.15, 0.2) is 11.5 Å². The number of hydrogen-bond acceptors (Lipinski definition) is 5. The van der Waals surface area contributed by atoms with Crippen LogP contribution in [-0.4, -0.2) is 25.0 Å². The molecule has 0 aliphatic carbocycles. The quantitative estimate of drug-likeness (QED) is 0.311. The van der Waals surface area contributed by atoms with Gasteiger partial charge >= 0.3 is 6.03 Å². The molecule has 3 aromatic carbocycles. The highest BCUT2D eigenvalue weighted by Crippen LogP contribution is 2.32. The molecule has 0 aromatic heterocycles. The lowest BCUT2D eigenvalue weighted by Crippen LogP contribution is -2.54. The number of benzene rings is 3. The molecule has 1 aliphatic rings. The van der Waals surface area contributed by atoms with Crippen LogP contribution in [0.3, 0.4) is 0 Å². The Hall–Kier alpha value is -3.81. The van der Waals surface area contributed by atoms with Crippen molar-refractivity contribution in [1.29, 1.82) is 0 Å². The molecule has 0 unspecified atom stereocenters. The van der Waals surface area contributed by atoms with Crippen LogP contribution < -0.4 is 19.7 Å². The average molecular weight is 525 g/mol. The first kappa shape index (κ1) is 25.3. The fraction of sp³-hybridized carbons (Fsp3) is 0.148. The smallest absolute Gasteiger partial charge is 0.335 e. The zero-order valence-corrected chi connectivity index (χ0v) is 21.0. The molecule has 1 heterocycles. The molecule has 9 heteroatoms. The van der Waals surface area contributed by atoms with Crippen LogP contribution in [0.25, 0.3) is 6.08 Å². The van der Waals surface area contributed by atoms with E-state index in [1.807, 2.05) is 19.1 Å². The van der Waals surface area contributed by atoms with Crippen molar-refractivity contribution in [3.8, 4) is 11.5 Å². The van der Waals surface area contributed by atoms with Gasteiger partial charge in [-0.05, 0) is 59.5 Å². The minimum atomic E-state index is -0.785. The zero-order chi connectivity index (χ0) is 25.8. The lowest BCUT2D eigenvalue weighted by atomic mass is 10.0. The van der Waals surface area contributed by atoms with E-state index in [1.54, 1.807) is 48.5 Å². The summed E-state index contributed by atoms with van der Waals surface area (Å²) >= 11 is 12.0. The van der Waals surface area contributed by atoms with E-state index in [0.717, 1.165) is 16.0 Å². The van der Waals surface area contributed by atoms with Gasteiger partial charge in [0.25, 0.3) is 11.8 Å². The summed E-state index contributed by atoms with van der Waals surface area (Å²) in [5, 5.41) is 3.13. The number of anilines is 1. The summed E-state index contributed by atoms with van der Waals surface area (Å²) in [7, 11) is 1.48. The van der Waals surface area contributed by atoms with E-state index in [0.29, 0.717) is 39.2 Å². The maximum Gasteiger partial charge on any atom is 0.335 e. The molecule has 1 fully saturated rings. The van der Waals surface area contributed by atoms with E-state index in [9.17, 15) is 14.4 Å². The van der Waals surface area contributed by atoms with Gasteiger partial charge in [-0.3, -0.25) is 14.9 Å². The minimum absolute atomic E-state index is 0.174. The molecular weight excluding hydrogens is 503 g/mol. The van der Waals surface area contributed by atoms with Gasteiger partial charge in [-0.15, -0.1) is 0 Å². The van der Waals surface area contributed by atoms with Crippen LogP contribution in [0.1, 0.15) is 23.6 Å². The van der Waals surface area contributed by atoms with E-state index in [4.69, 9.17) is 32.7 Å². The van der Waals surface area contributed by atoms with Gasteiger partial charge in [0.1, 0.15) is 12.2 Å². The van der Waals surface area contributed by atoms with Crippen molar-refractivity contribution in [3.63, 3.8) is 0 Å². The maximum atomic E-state index is 13.3. The SMILES string of the molecule is CCc1ccccc1N1C(=O)NC(=O)/C(=C/c2ccc(OCc3ccc(Cl)c(Cl)c3)c(OC)c2)C1=O. The molecule has 7 nitrogen and oxygen atoms in total. The minimum Gasteiger partial charge on any atom is -0.493 e. The van der Waals surface area contributed by atoms with Gasteiger partial charge in [0.2, 0.25) is 0 Å². The number of carbonyl (C=O) groups is 3. The van der Waals surface area contributed by atoms with E-state index < -0.39 is 17.8 Å². The standard InChI is InChI=1S/C27H22Cl2N2O5/c1-3-18-6-4-5-7-22(18)31-26(33)19(25(32)30-27(31)34)12-16-9-11-23(24(14-16)35-2)36-15-17-8-10-20(28)21(29)13-17/h4-14H,3,15H2,1-2H3,(H,30,32,34)/b19-12-. The third-order valence-electron chi connectivity index (χ3n) is 5.59. The summed E-state index contributed by atoms with van der Waals surface area (Å²) < 4.78 is 11.3. The molecule has 184 valence electrons. The molecule has 0 spiro atoms. The van der Waals surface area contributed by atoms with Crippen LogP contribution in [0.5, 0.6) is 11.5 Å². The first-order valence-electron chi connectivity index (χ1n) is 11.1. The van der Waals surface area contributed by atoms with Crippen molar-refractivity contribution in [2.75, 3.05) is 12.0 Å². The fourth-order valence-corrected chi connectivity index (χ4v) is 4.08. The second-order valence-electron chi connectivity index (χ2n) is 7.89. The fourth-order valence-electron chi connectivity index (χ4n) is 3.75. The number of rotatable bonds is 7. The van der Waals surface area contributed by atoms with Gasteiger partial charge in [0.05, 0.1) is 22.8 Å². The average Bonchev–Trinajstić information content (AvgIpc) is 2.87. The number of halogens is 2. The van der Waals surface area contributed by atoms with Crippen LogP contribution >= 0.6 is 23.2 Å². The van der Waals surface area contributed by atoms with Crippen molar-refractivity contribution in [3.05, 3.63) is 93.0 Å². The Morgan fingerprint density at radius 2 is 1.72 bits per heavy atom. The van der Waals surface area contributed by atoms with Gasteiger partial charge < -0.3 is 9.47 Å². The molecule has 0 bridgehead atoms. The second kappa shape index (κ2) is 10.8. The van der Waals surface area contributed by atoms with Gasteiger partial charge in [-0.1, -0.05) is 60.5 Å². The number of urea groups is 1. The number of para-hydroxylation sites is 1. The largest absolute Gasteiger partial charge is 0.493 e. The van der Waals surface area contributed by atoms with Crippen molar-refractivity contribution in [2.24, 2.45) is 0 Å². The molecule has 1 aliphatic heterocycles. The summed E-state index contributed by atoms with van der Waals surface area (Å²) in [6, 6.07) is 16.5. The number of methoxy groups -OCH3 is 1. The second-order valence-corrected chi connectivity index (χ2v) is 8.70. The summed E-state index contributed by atoms with van der Waals surface area (Å²) in [6.45, 7) is 2.15.